The van der Waals surface area contributed by atoms with Crippen molar-refractivity contribution in [2.75, 3.05) is 0 Å². The van der Waals surface area contributed by atoms with Gasteiger partial charge < -0.3 is 5.32 Å². The number of hydrogen-bond donors (Lipinski definition) is 2. The first-order valence-corrected chi connectivity index (χ1v) is 7.59. The summed E-state index contributed by atoms with van der Waals surface area (Å²) in [7, 11) is 0. The minimum Gasteiger partial charge on any atom is -0.368 e. The monoisotopic (exact) mass is 337 g/mol. The molecule has 118 valence electrons. The van der Waals surface area contributed by atoms with E-state index in [4.69, 9.17) is 11.6 Å². The van der Waals surface area contributed by atoms with Crippen LogP contribution in [0.3, 0.4) is 0 Å². The normalized spacial score (nSPS) is 13.5. The van der Waals surface area contributed by atoms with E-state index in [9.17, 15) is 4.79 Å². The molecule has 7 heteroatoms. The van der Waals surface area contributed by atoms with Gasteiger partial charge >= 0.3 is 0 Å². The molecule has 3 heterocycles. The van der Waals surface area contributed by atoms with Gasteiger partial charge in [-0.2, -0.15) is 0 Å². The first kappa shape index (κ1) is 14.5. The molecule has 0 atom stereocenters. The number of aromatic amines is 1. The summed E-state index contributed by atoms with van der Waals surface area (Å²) in [6.45, 7) is 3.79. The lowest BCUT2D eigenvalue weighted by Gasteiger charge is -2.08. The van der Waals surface area contributed by atoms with Crippen LogP contribution >= 0.6 is 11.6 Å². The molecule has 3 aromatic rings. The molecule has 0 aliphatic carbocycles. The van der Waals surface area contributed by atoms with Crippen LogP contribution in [0.5, 0.6) is 0 Å². The minimum atomic E-state index is -0.247. The standard InChI is InChI=1S/C17H12ClN5O/c1-10-20-21-16-14(11-2-4-13(18)5-3-11)15(17(24)22-23(10)16)12-6-8-19-9-7-12/h2-9,19H,1H2,(H,22,24). The molecule has 4 rings (SSSR count). The number of nitrogens with one attached hydrogen (secondary N) is 2. The summed E-state index contributed by atoms with van der Waals surface area (Å²) in [5.74, 6) is 0. The number of H-pyrrole nitrogens is 1. The SMILES string of the molecule is C=c1nnc2c(-c3ccc(Cl)cc3)c(=C3C=CNC=C3)c(=O)[nH]n12. The second kappa shape index (κ2) is 5.50. The predicted molar refractivity (Wildman–Crippen MR) is 93.6 cm³/mol. The van der Waals surface area contributed by atoms with Gasteiger partial charge in [0, 0.05) is 23.0 Å². The maximum atomic E-state index is 12.7. The van der Waals surface area contributed by atoms with Crippen molar-refractivity contribution in [1.29, 1.82) is 0 Å². The first-order valence-electron chi connectivity index (χ1n) is 7.21. The van der Waals surface area contributed by atoms with Crippen molar-refractivity contribution < 1.29 is 0 Å². The molecule has 0 amide bonds. The Bertz CT molecular complexity index is 1150. The van der Waals surface area contributed by atoms with E-state index in [0.29, 0.717) is 26.9 Å². The van der Waals surface area contributed by atoms with E-state index in [-0.39, 0.29) is 5.56 Å². The second-order valence-corrected chi connectivity index (χ2v) is 5.70. The Kier molecular flexibility index (Phi) is 3.32. The third-order valence-electron chi connectivity index (χ3n) is 3.78. The Hall–Kier alpha value is -3.12. The number of dihydropyridines is 1. The average Bonchev–Trinajstić information content (AvgIpc) is 2.96. The molecule has 6 nitrogen and oxygen atoms in total. The molecule has 1 aromatic carbocycles. The largest absolute Gasteiger partial charge is 0.368 e. The van der Waals surface area contributed by atoms with Crippen molar-refractivity contribution in [3.05, 3.63) is 74.9 Å². The smallest absolute Gasteiger partial charge is 0.271 e. The third-order valence-corrected chi connectivity index (χ3v) is 4.04. The summed E-state index contributed by atoms with van der Waals surface area (Å²) in [4.78, 5) is 12.7. The third kappa shape index (κ3) is 2.24. The van der Waals surface area contributed by atoms with Gasteiger partial charge in [-0.15, -0.1) is 10.2 Å². The summed E-state index contributed by atoms with van der Waals surface area (Å²) in [5, 5.41) is 15.0. The van der Waals surface area contributed by atoms with Crippen LogP contribution in [0.4, 0.5) is 0 Å². The quantitative estimate of drug-likeness (QED) is 0.692. The number of benzene rings is 1. The van der Waals surface area contributed by atoms with Gasteiger partial charge in [-0.25, -0.2) is 4.52 Å². The second-order valence-electron chi connectivity index (χ2n) is 5.26. The van der Waals surface area contributed by atoms with E-state index >= 15 is 0 Å². The molecule has 0 fully saturated rings. The average molecular weight is 338 g/mol. The lowest BCUT2D eigenvalue weighted by Crippen LogP contribution is -2.35. The van der Waals surface area contributed by atoms with Crippen LogP contribution < -0.4 is 21.6 Å². The van der Waals surface area contributed by atoms with E-state index in [0.717, 1.165) is 11.1 Å². The molecule has 1 aliphatic heterocycles. The molecule has 24 heavy (non-hydrogen) atoms. The highest BCUT2D eigenvalue weighted by molar-refractivity contribution is 6.30. The van der Waals surface area contributed by atoms with Crippen LogP contribution in [0.25, 0.3) is 28.9 Å². The highest BCUT2D eigenvalue weighted by Gasteiger charge is 2.15. The van der Waals surface area contributed by atoms with Gasteiger partial charge in [-0.1, -0.05) is 30.3 Å². The summed E-state index contributed by atoms with van der Waals surface area (Å²) >= 11 is 5.99. The van der Waals surface area contributed by atoms with Crippen LogP contribution in [-0.2, 0) is 0 Å². The minimum absolute atomic E-state index is 0.247. The molecular formula is C17H12ClN5O. The van der Waals surface area contributed by atoms with Crippen LogP contribution in [0, 0.1) is 0 Å². The van der Waals surface area contributed by atoms with E-state index in [1.165, 1.54) is 4.52 Å². The Labute approximate surface area is 141 Å². The highest BCUT2D eigenvalue weighted by atomic mass is 35.5. The number of allylic oxidation sites excluding steroid dienone is 2. The Balaban J connectivity index is 2.24. The summed E-state index contributed by atoms with van der Waals surface area (Å²) in [6.07, 6.45) is 7.20. The van der Waals surface area contributed by atoms with E-state index in [1.807, 2.05) is 24.3 Å². The van der Waals surface area contributed by atoms with Crippen LogP contribution in [-0.4, -0.2) is 19.8 Å². The van der Waals surface area contributed by atoms with Gasteiger partial charge in [0.2, 0.25) is 0 Å². The zero-order chi connectivity index (χ0) is 16.7. The van der Waals surface area contributed by atoms with E-state index in [2.05, 4.69) is 27.2 Å². The van der Waals surface area contributed by atoms with Gasteiger partial charge in [0.15, 0.2) is 11.1 Å². The first-order chi connectivity index (χ1) is 11.6. The van der Waals surface area contributed by atoms with Gasteiger partial charge in [0.1, 0.15) is 0 Å². The van der Waals surface area contributed by atoms with Crippen LogP contribution in [0.1, 0.15) is 0 Å². The maximum absolute atomic E-state index is 12.7. The van der Waals surface area contributed by atoms with Crippen LogP contribution in [0.15, 0.2) is 53.6 Å². The van der Waals surface area contributed by atoms with Gasteiger partial charge in [-0.05, 0) is 35.4 Å². The molecule has 2 N–H and O–H groups in total. The number of halogens is 1. The van der Waals surface area contributed by atoms with Crippen molar-refractivity contribution in [2.24, 2.45) is 0 Å². The van der Waals surface area contributed by atoms with Crippen molar-refractivity contribution >= 4 is 29.4 Å². The van der Waals surface area contributed by atoms with Crippen molar-refractivity contribution in [1.82, 2.24) is 25.1 Å². The van der Waals surface area contributed by atoms with E-state index in [1.54, 1.807) is 24.5 Å². The number of nitrogens with zero attached hydrogens (tertiary/aromatic N) is 3. The Morgan fingerprint density at radius 1 is 1.08 bits per heavy atom. The van der Waals surface area contributed by atoms with Crippen molar-refractivity contribution in [2.45, 2.75) is 0 Å². The number of aromatic nitrogens is 4. The summed E-state index contributed by atoms with van der Waals surface area (Å²) in [6, 6.07) is 7.26. The lowest BCUT2D eigenvalue weighted by atomic mass is 10.0. The molecular weight excluding hydrogens is 326 g/mol. The fourth-order valence-corrected chi connectivity index (χ4v) is 2.82. The highest BCUT2D eigenvalue weighted by Crippen LogP contribution is 2.21. The molecule has 0 radical (unpaired) electrons. The molecule has 1 aliphatic rings. The molecule has 0 saturated heterocycles. The fourth-order valence-electron chi connectivity index (χ4n) is 2.70. The van der Waals surface area contributed by atoms with Gasteiger partial charge in [-0.3, -0.25) is 9.89 Å². The Morgan fingerprint density at radius 3 is 2.50 bits per heavy atom. The molecule has 0 saturated carbocycles. The van der Waals surface area contributed by atoms with E-state index < -0.39 is 0 Å². The van der Waals surface area contributed by atoms with Crippen LogP contribution in [0.2, 0.25) is 5.02 Å². The molecule has 0 unspecified atom stereocenters. The summed E-state index contributed by atoms with van der Waals surface area (Å²) in [5.41, 5.74) is 2.93. The number of hydrogen-bond acceptors (Lipinski definition) is 4. The zero-order valence-corrected chi connectivity index (χ0v) is 13.2. The molecule has 0 bridgehead atoms. The number of fused-ring (bicyclic) bond motifs is 1. The van der Waals surface area contributed by atoms with Gasteiger partial charge in [0.05, 0.1) is 5.22 Å². The van der Waals surface area contributed by atoms with Crippen molar-refractivity contribution in [3.8, 4) is 11.1 Å². The molecule has 2 aromatic heterocycles. The van der Waals surface area contributed by atoms with Gasteiger partial charge in [0.25, 0.3) is 5.56 Å². The maximum Gasteiger partial charge on any atom is 0.271 e. The Morgan fingerprint density at radius 2 is 1.79 bits per heavy atom. The zero-order valence-electron chi connectivity index (χ0n) is 12.5. The molecule has 0 spiro atoms. The predicted octanol–water partition coefficient (Wildman–Crippen LogP) is 0.930. The topological polar surface area (TPSA) is 75.1 Å². The number of rotatable bonds is 1. The summed E-state index contributed by atoms with van der Waals surface area (Å²) < 4.78 is 1.49. The fraction of sp³-hybridized carbons (Fsp3) is 0. The van der Waals surface area contributed by atoms with Crippen molar-refractivity contribution in [3.63, 3.8) is 0 Å². The lowest BCUT2D eigenvalue weighted by molar-refractivity contribution is 0.859.